The summed E-state index contributed by atoms with van der Waals surface area (Å²) in [5.41, 5.74) is 0.490. The van der Waals surface area contributed by atoms with Gasteiger partial charge in [0, 0.05) is 45.6 Å². The highest BCUT2D eigenvalue weighted by Crippen LogP contribution is 2.35. The SMILES string of the molecule is CC1=N/C(=C\c2ccc(-c3cccs3)s2)C(=O)N1C1CCC(C(=O)NCCOCCOCCCCCCCl)CC1. The fraction of sp³-hybridized carbons (Fsp3) is 0.567. The van der Waals surface area contributed by atoms with Gasteiger partial charge < -0.3 is 14.8 Å². The normalized spacial score (nSPS) is 20.4. The van der Waals surface area contributed by atoms with Crippen molar-refractivity contribution in [2.45, 2.75) is 64.3 Å². The number of ether oxygens (including phenoxy) is 2. The minimum Gasteiger partial charge on any atom is -0.379 e. The Kier molecular flexibility index (Phi) is 12.7. The van der Waals surface area contributed by atoms with Crippen LogP contribution in [0.3, 0.4) is 0 Å². The van der Waals surface area contributed by atoms with Crippen LogP contribution in [-0.4, -0.2) is 67.4 Å². The molecule has 218 valence electrons. The van der Waals surface area contributed by atoms with Gasteiger partial charge in [-0.05, 0) is 75.1 Å². The minimum atomic E-state index is -0.0380. The number of alkyl halides is 1. The third-order valence-corrected chi connectivity index (χ3v) is 9.63. The zero-order valence-corrected chi connectivity index (χ0v) is 25.6. The van der Waals surface area contributed by atoms with E-state index in [2.05, 4.69) is 27.8 Å². The lowest BCUT2D eigenvalue weighted by molar-refractivity contribution is -0.127. The fourth-order valence-electron chi connectivity index (χ4n) is 5.15. The van der Waals surface area contributed by atoms with Crippen molar-refractivity contribution in [3.8, 4) is 9.75 Å². The van der Waals surface area contributed by atoms with Gasteiger partial charge in [-0.1, -0.05) is 18.9 Å². The number of amides is 2. The lowest BCUT2D eigenvalue weighted by Crippen LogP contribution is -2.44. The molecular weight excluding hydrogens is 566 g/mol. The summed E-state index contributed by atoms with van der Waals surface area (Å²) in [6, 6.07) is 8.37. The number of rotatable bonds is 16. The van der Waals surface area contributed by atoms with Gasteiger partial charge in [-0.25, -0.2) is 4.99 Å². The topological polar surface area (TPSA) is 80.2 Å². The average molecular weight is 606 g/mol. The molecule has 1 aliphatic carbocycles. The van der Waals surface area contributed by atoms with E-state index in [9.17, 15) is 9.59 Å². The number of unbranched alkanes of at least 4 members (excludes halogenated alkanes) is 3. The second-order valence-corrected chi connectivity index (χ2v) is 12.6. The number of aliphatic imine (C=N–C) groups is 1. The minimum absolute atomic E-state index is 0.0230. The molecule has 0 spiro atoms. The first kappa shape index (κ1) is 30.9. The van der Waals surface area contributed by atoms with Crippen LogP contribution in [-0.2, 0) is 19.1 Å². The molecule has 10 heteroatoms. The van der Waals surface area contributed by atoms with Crippen LogP contribution in [0.15, 0.2) is 40.3 Å². The molecule has 1 aliphatic heterocycles. The molecule has 1 saturated carbocycles. The van der Waals surface area contributed by atoms with Crippen molar-refractivity contribution in [2.24, 2.45) is 10.9 Å². The molecule has 0 radical (unpaired) electrons. The standard InChI is InChI=1S/C30H40ClN3O4S2/c1-22-33-26(21-25-12-13-28(40-25)27-7-6-20-39-27)30(36)34(22)24-10-8-23(9-11-24)29(35)32-15-17-38-19-18-37-16-5-3-2-4-14-31/h6-7,12-13,20-21,23-24H,2-5,8-11,14-19H2,1H3,(H,32,35)/b26-21-. The van der Waals surface area contributed by atoms with Gasteiger partial charge in [-0.2, -0.15) is 0 Å². The van der Waals surface area contributed by atoms with E-state index in [1.165, 1.54) is 9.75 Å². The molecule has 2 amide bonds. The Labute approximate surface area is 250 Å². The van der Waals surface area contributed by atoms with E-state index in [-0.39, 0.29) is 23.8 Å². The maximum atomic E-state index is 13.3. The smallest absolute Gasteiger partial charge is 0.278 e. The van der Waals surface area contributed by atoms with Gasteiger partial charge in [0.1, 0.15) is 11.5 Å². The molecule has 3 heterocycles. The van der Waals surface area contributed by atoms with Crippen LogP contribution >= 0.6 is 34.3 Å². The maximum absolute atomic E-state index is 13.3. The summed E-state index contributed by atoms with van der Waals surface area (Å²) in [7, 11) is 0. The van der Waals surface area contributed by atoms with E-state index in [0.717, 1.165) is 74.6 Å². The van der Waals surface area contributed by atoms with Crippen LogP contribution in [0.25, 0.3) is 15.8 Å². The summed E-state index contributed by atoms with van der Waals surface area (Å²) in [5.74, 6) is 1.49. The Morgan fingerprint density at radius 1 is 1.05 bits per heavy atom. The predicted molar refractivity (Wildman–Crippen MR) is 165 cm³/mol. The van der Waals surface area contributed by atoms with Crippen molar-refractivity contribution in [2.75, 3.05) is 38.9 Å². The molecule has 7 nitrogen and oxygen atoms in total. The fourth-order valence-corrected chi connectivity index (χ4v) is 7.12. The van der Waals surface area contributed by atoms with E-state index < -0.39 is 0 Å². The van der Waals surface area contributed by atoms with E-state index in [0.29, 0.717) is 32.1 Å². The first-order chi connectivity index (χ1) is 19.6. The highest BCUT2D eigenvalue weighted by Gasteiger charge is 2.37. The van der Waals surface area contributed by atoms with E-state index in [1.807, 2.05) is 30.0 Å². The van der Waals surface area contributed by atoms with E-state index in [1.54, 1.807) is 22.7 Å². The molecule has 0 unspecified atom stereocenters. The Morgan fingerprint density at radius 2 is 1.82 bits per heavy atom. The number of carbonyl (C=O) groups is 2. The average Bonchev–Trinajstić information content (AvgIpc) is 3.71. The molecule has 2 aliphatic rings. The summed E-state index contributed by atoms with van der Waals surface area (Å²) in [6.45, 7) is 4.74. The second-order valence-electron chi connectivity index (χ2n) is 10.2. The number of halogens is 1. The van der Waals surface area contributed by atoms with Crippen molar-refractivity contribution in [3.05, 3.63) is 40.2 Å². The van der Waals surface area contributed by atoms with Gasteiger partial charge in [-0.3, -0.25) is 14.5 Å². The summed E-state index contributed by atoms with van der Waals surface area (Å²) < 4.78 is 11.1. The number of carbonyl (C=O) groups excluding carboxylic acids is 2. The zero-order chi connectivity index (χ0) is 28.2. The number of nitrogens with zero attached hydrogens (tertiary/aromatic N) is 2. The molecule has 40 heavy (non-hydrogen) atoms. The van der Waals surface area contributed by atoms with Crippen LogP contribution in [0.2, 0.25) is 0 Å². The highest BCUT2D eigenvalue weighted by molar-refractivity contribution is 7.21. The van der Waals surface area contributed by atoms with Gasteiger partial charge in [-0.15, -0.1) is 34.3 Å². The molecule has 0 bridgehead atoms. The predicted octanol–water partition coefficient (Wildman–Crippen LogP) is 6.59. The summed E-state index contributed by atoms with van der Waals surface area (Å²) in [5, 5.41) is 5.07. The van der Waals surface area contributed by atoms with Gasteiger partial charge >= 0.3 is 0 Å². The van der Waals surface area contributed by atoms with Crippen LogP contribution in [0, 0.1) is 5.92 Å². The van der Waals surface area contributed by atoms with Gasteiger partial charge in [0.2, 0.25) is 5.91 Å². The quantitative estimate of drug-likeness (QED) is 0.133. The lowest BCUT2D eigenvalue weighted by Gasteiger charge is -2.33. The van der Waals surface area contributed by atoms with Crippen LogP contribution in [0.1, 0.15) is 63.2 Å². The van der Waals surface area contributed by atoms with Crippen molar-refractivity contribution in [1.82, 2.24) is 10.2 Å². The first-order valence-corrected chi connectivity index (χ1v) is 16.5. The Bertz CT molecular complexity index is 1140. The molecule has 2 aromatic rings. The third kappa shape index (κ3) is 8.98. The largest absolute Gasteiger partial charge is 0.379 e. The maximum Gasteiger partial charge on any atom is 0.278 e. The van der Waals surface area contributed by atoms with Crippen LogP contribution in [0.4, 0.5) is 0 Å². The summed E-state index contributed by atoms with van der Waals surface area (Å²) >= 11 is 9.05. The second kappa shape index (κ2) is 16.4. The van der Waals surface area contributed by atoms with E-state index in [4.69, 9.17) is 21.1 Å². The Hall–Kier alpha value is -2.04. The first-order valence-electron chi connectivity index (χ1n) is 14.3. The number of hydrogen-bond donors (Lipinski definition) is 1. The van der Waals surface area contributed by atoms with Crippen molar-refractivity contribution < 1.29 is 19.1 Å². The number of thiophene rings is 2. The monoisotopic (exact) mass is 605 g/mol. The van der Waals surface area contributed by atoms with Crippen molar-refractivity contribution >= 4 is 58.0 Å². The van der Waals surface area contributed by atoms with Crippen molar-refractivity contribution in [3.63, 3.8) is 0 Å². The highest BCUT2D eigenvalue weighted by atomic mass is 35.5. The number of amidine groups is 1. The van der Waals surface area contributed by atoms with Crippen LogP contribution < -0.4 is 5.32 Å². The van der Waals surface area contributed by atoms with Gasteiger partial charge in [0.25, 0.3) is 5.91 Å². The lowest BCUT2D eigenvalue weighted by atomic mass is 9.84. The molecule has 0 atom stereocenters. The molecule has 1 fully saturated rings. The number of hydrogen-bond acceptors (Lipinski definition) is 7. The number of nitrogens with one attached hydrogen (secondary N) is 1. The molecule has 1 N–H and O–H groups in total. The van der Waals surface area contributed by atoms with Gasteiger partial charge in [0.15, 0.2) is 0 Å². The zero-order valence-electron chi connectivity index (χ0n) is 23.2. The van der Waals surface area contributed by atoms with Crippen LogP contribution in [0.5, 0.6) is 0 Å². The van der Waals surface area contributed by atoms with Crippen molar-refractivity contribution in [1.29, 1.82) is 0 Å². The molecule has 2 aromatic heterocycles. The summed E-state index contributed by atoms with van der Waals surface area (Å²) in [6.07, 6.45) is 9.44. The third-order valence-electron chi connectivity index (χ3n) is 7.26. The molecule has 0 saturated heterocycles. The molecule has 4 rings (SSSR count). The van der Waals surface area contributed by atoms with Gasteiger partial charge in [0.05, 0.1) is 19.8 Å². The Morgan fingerprint density at radius 3 is 2.58 bits per heavy atom. The molecule has 0 aromatic carbocycles. The van der Waals surface area contributed by atoms with E-state index >= 15 is 0 Å². The molecular formula is C30H40ClN3O4S2. The Balaban J connectivity index is 1.12. The summed E-state index contributed by atoms with van der Waals surface area (Å²) in [4.78, 5) is 35.8.